The molecule has 0 bridgehead atoms. The van der Waals surface area contributed by atoms with Gasteiger partial charge in [-0.15, -0.1) is 10.2 Å². The maximum Gasteiger partial charge on any atom is 0.234 e. The molecule has 0 atom stereocenters. The van der Waals surface area contributed by atoms with Gasteiger partial charge in [0.2, 0.25) is 5.91 Å². The molecule has 1 aromatic heterocycles. The molecule has 3 aromatic rings. The average molecular weight is 386 g/mol. The Hall–Kier alpha value is -2.87. The van der Waals surface area contributed by atoms with E-state index in [2.05, 4.69) is 15.5 Å². The summed E-state index contributed by atoms with van der Waals surface area (Å²) in [5.41, 5.74) is 1.08. The number of carbonyl (C=O) groups excluding carboxylic acids is 1. The quantitative estimate of drug-likeness (QED) is 0.625. The van der Waals surface area contributed by atoms with Crippen LogP contribution >= 0.6 is 11.8 Å². The minimum absolute atomic E-state index is 0.164. The van der Waals surface area contributed by atoms with Crippen LogP contribution in [-0.4, -0.2) is 33.5 Å². The molecule has 0 aliphatic rings. The lowest BCUT2D eigenvalue weighted by atomic mass is 10.2. The van der Waals surface area contributed by atoms with Crippen LogP contribution in [0.4, 0.5) is 10.1 Å². The Morgan fingerprint density at radius 1 is 1.19 bits per heavy atom. The summed E-state index contributed by atoms with van der Waals surface area (Å²) in [6, 6.07) is 13.5. The van der Waals surface area contributed by atoms with Gasteiger partial charge in [0.05, 0.1) is 18.4 Å². The highest BCUT2D eigenvalue weighted by molar-refractivity contribution is 7.99. The zero-order chi connectivity index (χ0) is 19.2. The molecule has 140 valence electrons. The third-order valence-electron chi connectivity index (χ3n) is 3.85. The molecular weight excluding hydrogens is 367 g/mol. The van der Waals surface area contributed by atoms with Gasteiger partial charge in [0.1, 0.15) is 11.6 Å². The molecule has 0 fully saturated rings. The van der Waals surface area contributed by atoms with Crippen LogP contribution < -0.4 is 10.1 Å². The van der Waals surface area contributed by atoms with E-state index < -0.39 is 0 Å². The predicted octanol–water partition coefficient (Wildman–Crippen LogP) is 3.84. The lowest BCUT2D eigenvalue weighted by Gasteiger charge is -2.08. The third kappa shape index (κ3) is 4.46. The molecule has 0 unspecified atom stereocenters. The summed E-state index contributed by atoms with van der Waals surface area (Å²) in [6.07, 6.45) is 0. The van der Waals surface area contributed by atoms with Crippen molar-refractivity contribution in [3.8, 4) is 17.1 Å². The van der Waals surface area contributed by atoms with Gasteiger partial charge < -0.3 is 14.6 Å². The fourth-order valence-corrected chi connectivity index (χ4v) is 3.33. The summed E-state index contributed by atoms with van der Waals surface area (Å²) in [5.74, 6) is 0.825. The van der Waals surface area contributed by atoms with Crippen LogP contribution in [0.1, 0.15) is 6.92 Å². The Morgan fingerprint density at radius 2 is 1.93 bits per heavy atom. The number of carbonyl (C=O) groups is 1. The molecule has 0 saturated heterocycles. The number of aromatic nitrogens is 3. The van der Waals surface area contributed by atoms with Gasteiger partial charge in [-0.2, -0.15) is 0 Å². The van der Waals surface area contributed by atoms with Gasteiger partial charge in [-0.25, -0.2) is 4.39 Å². The summed E-state index contributed by atoms with van der Waals surface area (Å²) in [7, 11) is 1.59. The number of nitrogens with zero attached hydrogens (tertiary/aromatic N) is 3. The Bertz CT molecular complexity index is 928. The fraction of sp³-hybridized carbons (Fsp3) is 0.211. The second kappa shape index (κ2) is 8.68. The summed E-state index contributed by atoms with van der Waals surface area (Å²) in [6.45, 7) is 2.49. The largest absolute Gasteiger partial charge is 0.497 e. The highest BCUT2D eigenvalue weighted by Gasteiger charge is 2.17. The average Bonchev–Trinajstić information content (AvgIpc) is 3.10. The van der Waals surface area contributed by atoms with Crippen LogP contribution in [0.5, 0.6) is 5.75 Å². The minimum atomic E-state index is -0.353. The number of methoxy groups -OCH3 is 1. The normalized spacial score (nSPS) is 10.6. The van der Waals surface area contributed by atoms with E-state index in [1.54, 1.807) is 54.1 Å². The van der Waals surface area contributed by atoms with Crippen LogP contribution in [0.25, 0.3) is 11.4 Å². The highest BCUT2D eigenvalue weighted by atomic mass is 32.2. The van der Waals surface area contributed by atoms with Crippen molar-refractivity contribution in [2.24, 2.45) is 0 Å². The molecule has 0 aliphatic carbocycles. The highest BCUT2D eigenvalue weighted by Crippen LogP contribution is 2.26. The number of hydrogen-bond donors (Lipinski definition) is 1. The smallest absolute Gasteiger partial charge is 0.234 e. The molecule has 1 N–H and O–H groups in total. The first-order chi connectivity index (χ1) is 13.1. The number of benzene rings is 2. The topological polar surface area (TPSA) is 69.0 Å². The Kier molecular flexibility index (Phi) is 6.08. The molecule has 1 heterocycles. The number of ether oxygens (including phenoxy) is 1. The van der Waals surface area contributed by atoms with Crippen LogP contribution in [0.15, 0.2) is 53.7 Å². The summed E-state index contributed by atoms with van der Waals surface area (Å²) in [4.78, 5) is 12.2. The van der Waals surface area contributed by atoms with Crippen molar-refractivity contribution in [1.82, 2.24) is 14.8 Å². The van der Waals surface area contributed by atoms with E-state index in [-0.39, 0.29) is 17.5 Å². The van der Waals surface area contributed by atoms with Crippen LogP contribution in [0, 0.1) is 5.82 Å². The Morgan fingerprint density at radius 3 is 2.59 bits per heavy atom. The number of nitrogens with one attached hydrogen (secondary N) is 1. The molecule has 6 nitrogen and oxygen atoms in total. The molecule has 8 heteroatoms. The van der Waals surface area contributed by atoms with E-state index in [4.69, 9.17) is 4.74 Å². The first-order valence-electron chi connectivity index (χ1n) is 8.37. The molecule has 0 aliphatic heterocycles. The maximum atomic E-state index is 14.1. The lowest BCUT2D eigenvalue weighted by molar-refractivity contribution is -0.113. The molecule has 1 amide bonds. The number of rotatable bonds is 7. The number of hydrogen-bond acceptors (Lipinski definition) is 5. The number of halogens is 1. The minimum Gasteiger partial charge on any atom is -0.497 e. The van der Waals surface area contributed by atoms with Gasteiger partial charge >= 0.3 is 0 Å². The molecular formula is C19H19FN4O2S. The summed E-state index contributed by atoms with van der Waals surface area (Å²) < 4.78 is 20.9. The van der Waals surface area contributed by atoms with Crippen molar-refractivity contribution in [2.45, 2.75) is 18.6 Å². The monoisotopic (exact) mass is 386 g/mol. The Balaban J connectivity index is 1.67. The molecule has 0 radical (unpaired) electrons. The Labute approximate surface area is 160 Å². The predicted molar refractivity (Wildman–Crippen MR) is 103 cm³/mol. The van der Waals surface area contributed by atoms with E-state index >= 15 is 0 Å². The van der Waals surface area contributed by atoms with Gasteiger partial charge in [-0.05, 0) is 43.3 Å². The van der Waals surface area contributed by atoms with Gasteiger partial charge in [0, 0.05) is 12.2 Å². The third-order valence-corrected chi connectivity index (χ3v) is 4.82. The van der Waals surface area contributed by atoms with Crippen molar-refractivity contribution in [2.75, 3.05) is 18.2 Å². The van der Waals surface area contributed by atoms with Crippen molar-refractivity contribution in [1.29, 1.82) is 0 Å². The van der Waals surface area contributed by atoms with Crippen molar-refractivity contribution in [3.05, 3.63) is 54.3 Å². The maximum absolute atomic E-state index is 14.1. The first-order valence-corrected chi connectivity index (χ1v) is 9.35. The number of amides is 1. The second-order valence-corrected chi connectivity index (χ2v) is 6.54. The van der Waals surface area contributed by atoms with Crippen molar-refractivity contribution >= 4 is 23.4 Å². The van der Waals surface area contributed by atoms with E-state index in [9.17, 15) is 9.18 Å². The van der Waals surface area contributed by atoms with Crippen LogP contribution in [-0.2, 0) is 11.3 Å². The first kappa shape index (κ1) is 18.9. The number of thioether (sulfide) groups is 1. The summed E-state index contributed by atoms with van der Waals surface area (Å²) in [5, 5.41) is 11.6. The van der Waals surface area contributed by atoms with Crippen LogP contribution in [0.3, 0.4) is 0 Å². The lowest BCUT2D eigenvalue weighted by Crippen LogP contribution is -2.14. The zero-order valence-electron chi connectivity index (χ0n) is 15.0. The fourth-order valence-electron chi connectivity index (χ4n) is 2.52. The van der Waals surface area contributed by atoms with E-state index in [0.717, 1.165) is 5.75 Å². The van der Waals surface area contributed by atoms with Gasteiger partial charge in [-0.3, -0.25) is 4.79 Å². The standard InChI is InChI=1S/C19H19FN4O2S/c1-3-24-18(15-6-4-5-7-16(15)20)22-23-19(24)27-12-17(25)21-13-8-10-14(26-2)11-9-13/h4-11H,3,12H2,1-2H3,(H,21,25). The van der Waals surface area contributed by atoms with E-state index in [0.29, 0.717) is 28.8 Å². The number of anilines is 1. The van der Waals surface area contributed by atoms with E-state index in [1.807, 2.05) is 6.92 Å². The molecule has 27 heavy (non-hydrogen) atoms. The zero-order valence-corrected chi connectivity index (χ0v) is 15.8. The van der Waals surface area contributed by atoms with Crippen molar-refractivity contribution in [3.63, 3.8) is 0 Å². The van der Waals surface area contributed by atoms with Gasteiger partial charge in [-0.1, -0.05) is 23.9 Å². The SMILES string of the molecule is CCn1c(SCC(=O)Nc2ccc(OC)cc2)nnc1-c1ccccc1F. The molecule has 0 spiro atoms. The molecule has 2 aromatic carbocycles. The van der Waals surface area contributed by atoms with Gasteiger partial charge in [0.15, 0.2) is 11.0 Å². The second-order valence-electron chi connectivity index (χ2n) is 5.60. The van der Waals surface area contributed by atoms with Crippen molar-refractivity contribution < 1.29 is 13.9 Å². The summed E-state index contributed by atoms with van der Waals surface area (Å²) >= 11 is 1.26. The van der Waals surface area contributed by atoms with Gasteiger partial charge in [0.25, 0.3) is 0 Å². The molecule has 0 saturated carbocycles. The van der Waals surface area contributed by atoms with E-state index in [1.165, 1.54) is 17.8 Å². The van der Waals surface area contributed by atoms with Crippen LogP contribution in [0.2, 0.25) is 0 Å². The molecule has 3 rings (SSSR count).